The summed E-state index contributed by atoms with van der Waals surface area (Å²) in [7, 11) is -2.54. The van der Waals surface area contributed by atoms with Crippen molar-refractivity contribution in [3.63, 3.8) is 0 Å². The van der Waals surface area contributed by atoms with E-state index in [1.165, 1.54) is 12.1 Å². The van der Waals surface area contributed by atoms with Crippen LogP contribution in [0.25, 0.3) is 22.3 Å². The van der Waals surface area contributed by atoms with Gasteiger partial charge in [-0.05, 0) is 44.4 Å². The van der Waals surface area contributed by atoms with E-state index in [4.69, 9.17) is 4.42 Å². The Kier molecular flexibility index (Phi) is 8.39. The smallest absolute Gasteiger partial charge is 0.480 e. The number of aldehydes is 1. The number of nitrogens with one attached hydrogen (secondary N) is 1. The molecule has 0 spiro atoms. The zero-order valence-corrected chi connectivity index (χ0v) is 18.6. The van der Waals surface area contributed by atoms with Gasteiger partial charge in [-0.2, -0.15) is 34.8 Å². The molecule has 0 aliphatic rings. The van der Waals surface area contributed by atoms with Crippen molar-refractivity contribution >= 4 is 27.4 Å². The van der Waals surface area contributed by atoms with Crippen LogP contribution in [0.3, 0.4) is 0 Å². The predicted molar refractivity (Wildman–Crippen MR) is 109 cm³/mol. The maximum Gasteiger partial charge on any atom is 0.534 e. The third-order valence-electron chi connectivity index (χ3n) is 3.89. The summed E-state index contributed by atoms with van der Waals surface area (Å²) in [4.78, 5) is 11.6. The first-order valence-corrected chi connectivity index (χ1v) is 10.6. The van der Waals surface area contributed by atoms with E-state index in [1.807, 2.05) is 14.1 Å². The molecule has 192 valence electrons. The van der Waals surface area contributed by atoms with Gasteiger partial charge in [0.2, 0.25) is 0 Å². The van der Waals surface area contributed by atoms with Gasteiger partial charge in [-0.15, -0.1) is 0 Å². The number of ether oxygens (including phenoxy) is 1. The lowest BCUT2D eigenvalue weighted by molar-refractivity contribution is -0.153. The molecule has 0 saturated carbocycles. The van der Waals surface area contributed by atoms with E-state index >= 15 is 0 Å². The monoisotopic (exact) mass is 531 g/mol. The lowest BCUT2D eigenvalue weighted by atomic mass is 10.1. The molecule has 3 rings (SSSR count). The van der Waals surface area contributed by atoms with Crippen LogP contribution < -0.4 is 14.2 Å². The average Bonchev–Trinajstić information content (AvgIpc) is 3.08. The Labute approximate surface area is 193 Å². The Morgan fingerprint density at radius 3 is 2.06 bits per heavy atom. The molecule has 0 fully saturated rings. The van der Waals surface area contributed by atoms with Crippen LogP contribution in [0.1, 0.15) is 10.4 Å². The molecule has 3 aromatic rings. The van der Waals surface area contributed by atoms with Crippen molar-refractivity contribution in [2.45, 2.75) is 11.7 Å². The van der Waals surface area contributed by atoms with Crippen molar-refractivity contribution in [2.75, 3.05) is 20.7 Å². The highest BCUT2D eigenvalue weighted by Crippen LogP contribution is 2.41. The molecule has 0 unspecified atom stereocenters. The fourth-order valence-electron chi connectivity index (χ4n) is 2.56. The minimum atomic E-state index is -6.29. The first-order valence-electron chi connectivity index (χ1n) is 9.24. The molecular weight excluding hydrogens is 515 g/mol. The molecule has 0 aliphatic heterocycles. The van der Waals surface area contributed by atoms with Crippen molar-refractivity contribution in [3.05, 3.63) is 47.8 Å². The van der Waals surface area contributed by atoms with Crippen LogP contribution in [0.4, 0.5) is 30.7 Å². The Balaban J connectivity index is 0.00000137. The molecule has 0 saturated heterocycles. The van der Waals surface area contributed by atoms with Crippen LogP contribution in [0.15, 0.2) is 40.8 Å². The Morgan fingerprint density at radius 2 is 1.57 bits per heavy atom. The van der Waals surface area contributed by atoms with E-state index in [2.05, 4.69) is 14.2 Å². The first kappa shape index (κ1) is 27.9. The summed E-state index contributed by atoms with van der Waals surface area (Å²) in [5.74, 6) is -3.13. The second-order valence-electron chi connectivity index (χ2n) is 6.65. The zero-order valence-electron chi connectivity index (χ0n) is 17.8. The maximum absolute atomic E-state index is 13.2. The Hall–Kier alpha value is -3.33. The van der Waals surface area contributed by atoms with Crippen molar-refractivity contribution in [2.24, 2.45) is 0 Å². The zero-order chi connectivity index (χ0) is 26.6. The SMILES string of the molecule is CNC.O=Cc1c(-c2ccc(F)cc2)oc2cc(OCC(F)(F)F)c(OS(=O)(=O)C(F)(F)F)cc12. The van der Waals surface area contributed by atoms with Gasteiger partial charge >= 0.3 is 21.8 Å². The number of furan rings is 1. The first-order chi connectivity index (χ1) is 16.1. The summed E-state index contributed by atoms with van der Waals surface area (Å²) < 4.78 is 125. The van der Waals surface area contributed by atoms with Gasteiger partial charge in [-0.3, -0.25) is 4.79 Å². The summed E-state index contributed by atoms with van der Waals surface area (Å²) in [5, 5.41) is 2.46. The number of fused-ring (bicyclic) bond motifs is 1. The molecule has 35 heavy (non-hydrogen) atoms. The highest BCUT2D eigenvalue weighted by Gasteiger charge is 2.49. The number of alkyl halides is 6. The van der Waals surface area contributed by atoms with E-state index in [0.717, 1.165) is 12.1 Å². The molecule has 0 bridgehead atoms. The van der Waals surface area contributed by atoms with E-state index in [1.54, 1.807) is 0 Å². The largest absolute Gasteiger partial charge is 0.534 e. The standard InChI is InChI=1S/C18H9F7O6S.C2H7N/c19-10-3-1-9(2-4-10)16-12(7-26)11-5-15(31-32(27,28)18(23,24)25)14(6-13(11)30-16)29-8-17(20,21)22;1-3-2/h1-7H,8H2;3H,1-2H3. The molecule has 0 aliphatic carbocycles. The summed E-state index contributed by atoms with van der Waals surface area (Å²) in [6, 6.07) is 5.63. The Morgan fingerprint density at radius 1 is 1.00 bits per heavy atom. The van der Waals surface area contributed by atoms with Crippen LogP contribution >= 0.6 is 0 Å². The highest BCUT2D eigenvalue weighted by molar-refractivity contribution is 7.88. The summed E-state index contributed by atoms with van der Waals surface area (Å²) in [5.41, 5.74) is -6.39. The van der Waals surface area contributed by atoms with E-state index in [-0.39, 0.29) is 34.1 Å². The molecule has 0 amide bonds. The molecule has 15 heteroatoms. The van der Waals surface area contributed by atoms with Crippen molar-refractivity contribution in [1.29, 1.82) is 0 Å². The molecule has 1 aromatic heterocycles. The van der Waals surface area contributed by atoms with Gasteiger partial charge in [0.15, 0.2) is 24.4 Å². The minimum Gasteiger partial charge on any atom is -0.480 e. The van der Waals surface area contributed by atoms with Crippen molar-refractivity contribution in [1.82, 2.24) is 5.32 Å². The second kappa shape index (κ2) is 10.5. The lowest BCUT2D eigenvalue weighted by Crippen LogP contribution is -2.28. The number of carbonyl (C=O) groups excluding carboxylic acids is 1. The molecule has 7 nitrogen and oxygen atoms in total. The van der Waals surface area contributed by atoms with Crippen LogP contribution in [-0.4, -0.2) is 47.1 Å². The van der Waals surface area contributed by atoms with Gasteiger partial charge in [0, 0.05) is 17.0 Å². The number of hydrogen-bond donors (Lipinski definition) is 1. The van der Waals surface area contributed by atoms with Gasteiger partial charge < -0.3 is 18.7 Å². The third kappa shape index (κ3) is 6.85. The van der Waals surface area contributed by atoms with Crippen molar-refractivity contribution in [3.8, 4) is 22.8 Å². The topological polar surface area (TPSA) is 94.8 Å². The van der Waals surface area contributed by atoms with Gasteiger partial charge in [0.1, 0.15) is 17.2 Å². The second-order valence-corrected chi connectivity index (χ2v) is 8.19. The van der Waals surface area contributed by atoms with Crippen LogP contribution in [0, 0.1) is 5.82 Å². The van der Waals surface area contributed by atoms with E-state index < -0.39 is 45.7 Å². The Bertz CT molecular complexity index is 1280. The van der Waals surface area contributed by atoms with E-state index in [9.17, 15) is 43.9 Å². The van der Waals surface area contributed by atoms with Gasteiger partial charge in [-0.25, -0.2) is 4.39 Å². The van der Waals surface area contributed by atoms with E-state index in [0.29, 0.717) is 12.1 Å². The summed E-state index contributed by atoms with van der Waals surface area (Å²) >= 11 is 0. The normalized spacial score (nSPS) is 12.1. The average molecular weight is 531 g/mol. The highest BCUT2D eigenvalue weighted by atomic mass is 32.2. The van der Waals surface area contributed by atoms with Gasteiger partial charge in [0.05, 0.1) is 5.56 Å². The fourth-order valence-corrected chi connectivity index (χ4v) is 3.02. The molecular formula is C20H16F7NO6S. The van der Waals surface area contributed by atoms with Crippen LogP contribution in [0.5, 0.6) is 11.5 Å². The maximum atomic E-state index is 13.2. The minimum absolute atomic E-state index is 0.146. The molecule has 1 heterocycles. The molecule has 0 atom stereocenters. The van der Waals surface area contributed by atoms with Crippen LogP contribution in [0.2, 0.25) is 0 Å². The number of carbonyl (C=O) groups is 1. The molecule has 0 radical (unpaired) electrons. The predicted octanol–water partition coefficient (Wildman–Crippen LogP) is 5.06. The van der Waals surface area contributed by atoms with Gasteiger partial charge in [0.25, 0.3) is 0 Å². The van der Waals surface area contributed by atoms with Crippen molar-refractivity contribution < 1.29 is 57.3 Å². The number of benzene rings is 2. The lowest BCUT2D eigenvalue weighted by Gasteiger charge is -2.14. The summed E-state index contributed by atoms with van der Waals surface area (Å²) in [6.07, 6.45) is -4.71. The number of hydrogen-bond acceptors (Lipinski definition) is 7. The van der Waals surface area contributed by atoms with Gasteiger partial charge in [-0.1, -0.05) is 0 Å². The number of halogens is 7. The quantitative estimate of drug-likeness (QED) is 0.206. The van der Waals surface area contributed by atoms with Crippen LogP contribution in [-0.2, 0) is 10.1 Å². The third-order valence-corrected chi connectivity index (χ3v) is 4.86. The summed E-state index contributed by atoms with van der Waals surface area (Å²) in [6.45, 7) is -1.99. The number of rotatable bonds is 6. The fraction of sp³-hybridized carbons (Fsp3) is 0.250. The molecule has 2 aromatic carbocycles. The molecule has 1 N–H and O–H groups in total.